The van der Waals surface area contributed by atoms with Gasteiger partial charge in [0.2, 0.25) is 5.13 Å². The summed E-state index contributed by atoms with van der Waals surface area (Å²) < 4.78 is 65.5. The molecular weight excluding hydrogens is 450 g/mol. The fourth-order valence-electron chi connectivity index (χ4n) is 3.27. The third-order valence-corrected chi connectivity index (χ3v) is 5.79. The number of aliphatic hydroxyl groups is 1. The molecule has 11 heteroatoms. The summed E-state index contributed by atoms with van der Waals surface area (Å²) in [6.45, 7) is 0. The highest BCUT2D eigenvalue weighted by atomic mass is 32.1. The molecule has 1 aliphatic rings. The Hall–Kier alpha value is -3.18. The summed E-state index contributed by atoms with van der Waals surface area (Å²) in [5, 5.41) is 16.6. The van der Waals surface area contributed by atoms with Crippen molar-refractivity contribution < 1.29 is 32.1 Å². The second kappa shape index (κ2) is 8.06. The van der Waals surface area contributed by atoms with E-state index in [0.717, 1.165) is 11.3 Å². The van der Waals surface area contributed by atoms with Crippen LogP contribution < -0.4 is 14.5 Å². The lowest BCUT2D eigenvalue weighted by Crippen LogP contribution is -2.55. The van der Waals surface area contributed by atoms with Gasteiger partial charge in [0.05, 0.1) is 32.0 Å². The number of nitrogens with zero attached hydrogens (tertiary/aromatic N) is 3. The summed E-state index contributed by atoms with van der Waals surface area (Å²) in [5.41, 5.74) is -2.19. The van der Waals surface area contributed by atoms with Crippen LogP contribution in [-0.2, 0) is 0 Å². The number of aromatic nitrogens is 1. The molecule has 1 atom stereocenters. The van der Waals surface area contributed by atoms with Crippen molar-refractivity contribution in [1.82, 2.24) is 4.98 Å². The molecule has 0 radical (unpaired) electrons. The molecule has 6 nitrogen and oxygen atoms in total. The van der Waals surface area contributed by atoms with Crippen LogP contribution in [0.25, 0.3) is 11.3 Å². The van der Waals surface area contributed by atoms with Crippen LogP contribution in [0.1, 0.15) is 12.0 Å². The average Bonchev–Trinajstić information content (AvgIpc) is 3.38. The highest BCUT2D eigenvalue weighted by Crippen LogP contribution is 2.46. The van der Waals surface area contributed by atoms with E-state index in [1.807, 2.05) is 0 Å². The Balaban J connectivity index is 1.77. The lowest BCUT2D eigenvalue weighted by molar-refractivity contribution is -0.254. The van der Waals surface area contributed by atoms with E-state index in [2.05, 4.69) is 10.1 Å². The van der Waals surface area contributed by atoms with E-state index in [0.29, 0.717) is 22.0 Å². The van der Waals surface area contributed by atoms with E-state index in [1.54, 1.807) is 6.07 Å². The molecule has 1 N–H and O–H groups in total. The number of benzene rings is 2. The average molecular weight is 467 g/mol. The summed E-state index contributed by atoms with van der Waals surface area (Å²) >= 11 is 0.880. The van der Waals surface area contributed by atoms with E-state index >= 15 is 0 Å². The molecule has 3 aromatic rings. The number of rotatable bonds is 5. The van der Waals surface area contributed by atoms with Crippen molar-refractivity contribution in [3.8, 4) is 22.8 Å². The number of halogens is 4. The summed E-state index contributed by atoms with van der Waals surface area (Å²) in [5.74, 6) is 0.259. The SMILES string of the molecule is COc1ccc(C2=NN(c3nc(-c4ccc(F)cc4)cs3)C(O)(C(F)(F)F)C2)c(OC)c1. The van der Waals surface area contributed by atoms with Crippen LogP contribution in [0.3, 0.4) is 0 Å². The zero-order chi connectivity index (χ0) is 23.1. The maximum absolute atomic E-state index is 14.0. The first-order valence-corrected chi connectivity index (χ1v) is 10.1. The molecule has 1 aliphatic heterocycles. The van der Waals surface area contributed by atoms with E-state index < -0.39 is 24.1 Å². The molecule has 168 valence electrons. The second-order valence-electron chi connectivity index (χ2n) is 6.94. The summed E-state index contributed by atoms with van der Waals surface area (Å²) in [6.07, 6.45) is -5.86. The summed E-state index contributed by atoms with van der Waals surface area (Å²) in [6, 6.07) is 9.97. The third kappa shape index (κ3) is 3.78. The molecule has 1 unspecified atom stereocenters. The molecule has 0 fully saturated rings. The quantitative estimate of drug-likeness (QED) is 0.545. The number of anilines is 1. The molecule has 0 bridgehead atoms. The minimum Gasteiger partial charge on any atom is -0.497 e. The van der Waals surface area contributed by atoms with E-state index in [1.165, 1.54) is 56.0 Å². The zero-order valence-electron chi connectivity index (χ0n) is 16.9. The molecule has 0 spiro atoms. The largest absolute Gasteiger partial charge is 0.497 e. The standard InChI is InChI=1S/C21H17F4N3O3S/c1-30-14-7-8-15(18(9-14)31-2)16-10-20(29,21(23,24)25)28(27-16)19-26-17(11-32-19)12-3-5-13(22)6-4-12/h3-9,11,29H,10H2,1-2H3. The van der Waals surface area contributed by atoms with Crippen LogP contribution in [0.2, 0.25) is 0 Å². The maximum Gasteiger partial charge on any atom is 0.438 e. The van der Waals surface area contributed by atoms with Gasteiger partial charge in [-0.05, 0) is 36.4 Å². The number of alkyl halides is 3. The smallest absolute Gasteiger partial charge is 0.438 e. The van der Waals surface area contributed by atoms with Gasteiger partial charge in [-0.1, -0.05) is 0 Å². The number of ether oxygens (including phenoxy) is 2. The number of hydrazone groups is 1. The van der Waals surface area contributed by atoms with Gasteiger partial charge < -0.3 is 14.6 Å². The number of hydrogen-bond donors (Lipinski definition) is 1. The predicted molar refractivity (Wildman–Crippen MR) is 112 cm³/mol. The van der Waals surface area contributed by atoms with Crippen LogP contribution in [0.5, 0.6) is 11.5 Å². The Kier molecular flexibility index (Phi) is 5.55. The highest BCUT2D eigenvalue weighted by molar-refractivity contribution is 7.14. The Morgan fingerprint density at radius 1 is 1.09 bits per heavy atom. The lowest BCUT2D eigenvalue weighted by Gasteiger charge is -2.32. The Labute approximate surface area is 184 Å². The van der Waals surface area contributed by atoms with Crippen LogP contribution in [0.15, 0.2) is 52.9 Å². The molecule has 1 aromatic heterocycles. The van der Waals surface area contributed by atoms with Gasteiger partial charge in [0.15, 0.2) is 0 Å². The molecule has 0 saturated heterocycles. The summed E-state index contributed by atoms with van der Waals surface area (Å²) in [7, 11) is 2.82. The topological polar surface area (TPSA) is 67.2 Å². The van der Waals surface area contributed by atoms with Crippen LogP contribution >= 0.6 is 11.3 Å². The zero-order valence-corrected chi connectivity index (χ0v) is 17.7. The van der Waals surface area contributed by atoms with Gasteiger partial charge in [-0.2, -0.15) is 23.3 Å². The molecule has 2 aromatic carbocycles. The Morgan fingerprint density at radius 3 is 2.44 bits per heavy atom. The van der Waals surface area contributed by atoms with Gasteiger partial charge in [0.1, 0.15) is 17.3 Å². The van der Waals surface area contributed by atoms with Gasteiger partial charge in [-0.15, -0.1) is 11.3 Å². The minimum atomic E-state index is -5.03. The molecule has 0 amide bonds. The number of methoxy groups -OCH3 is 2. The minimum absolute atomic E-state index is 0.0251. The maximum atomic E-state index is 14.0. The van der Waals surface area contributed by atoms with E-state index in [-0.39, 0.29) is 22.2 Å². The van der Waals surface area contributed by atoms with Gasteiger partial charge in [-0.3, -0.25) is 0 Å². The fraction of sp³-hybridized carbons (Fsp3) is 0.238. The number of hydrogen-bond acceptors (Lipinski definition) is 7. The van der Waals surface area contributed by atoms with Crippen LogP contribution in [0.4, 0.5) is 22.7 Å². The second-order valence-corrected chi connectivity index (χ2v) is 7.77. The predicted octanol–water partition coefficient (Wildman–Crippen LogP) is 4.83. The van der Waals surface area contributed by atoms with Gasteiger partial charge in [-0.25, -0.2) is 9.37 Å². The van der Waals surface area contributed by atoms with Crippen LogP contribution in [0, 0.1) is 5.82 Å². The number of thiazole rings is 1. The van der Waals surface area contributed by atoms with Crippen molar-refractivity contribution in [3.63, 3.8) is 0 Å². The highest BCUT2D eigenvalue weighted by Gasteiger charge is 2.62. The third-order valence-electron chi connectivity index (χ3n) is 4.97. The first kappa shape index (κ1) is 22.0. The monoisotopic (exact) mass is 467 g/mol. The summed E-state index contributed by atoms with van der Waals surface area (Å²) in [4.78, 5) is 4.20. The van der Waals surface area contributed by atoms with Crippen molar-refractivity contribution in [2.75, 3.05) is 19.2 Å². The van der Waals surface area contributed by atoms with Gasteiger partial charge in [0.25, 0.3) is 5.72 Å². The van der Waals surface area contributed by atoms with Crippen molar-refractivity contribution in [2.24, 2.45) is 5.10 Å². The molecule has 2 heterocycles. The fourth-order valence-corrected chi connectivity index (χ4v) is 4.12. The van der Waals surface area contributed by atoms with Crippen molar-refractivity contribution >= 4 is 22.2 Å². The normalized spacial score (nSPS) is 18.6. The van der Waals surface area contributed by atoms with Crippen LogP contribution in [-0.4, -0.2) is 41.9 Å². The van der Waals surface area contributed by atoms with E-state index in [9.17, 15) is 22.7 Å². The van der Waals surface area contributed by atoms with Crippen molar-refractivity contribution in [1.29, 1.82) is 0 Å². The molecule has 4 rings (SSSR count). The van der Waals surface area contributed by atoms with Gasteiger partial charge in [0, 0.05) is 22.6 Å². The van der Waals surface area contributed by atoms with Gasteiger partial charge >= 0.3 is 6.18 Å². The first-order valence-electron chi connectivity index (χ1n) is 9.27. The van der Waals surface area contributed by atoms with Crippen molar-refractivity contribution in [3.05, 3.63) is 59.2 Å². The first-order chi connectivity index (χ1) is 15.2. The molecular formula is C21H17F4N3O3S. The molecule has 32 heavy (non-hydrogen) atoms. The molecule has 0 aliphatic carbocycles. The van der Waals surface area contributed by atoms with Crippen molar-refractivity contribution in [2.45, 2.75) is 18.3 Å². The van der Waals surface area contributed by atoms with E-state index in [4.69, 9.17) is 9.47 Å². The Morgan fingerprint density at radius 2 is 1.81 bits per heavy atom. The molecule has 0 saturated carbocycles. The lowest BCUT2D eigenvalue weighted by atomic mass is 10.00. The Bertz CT molecular complexity index is 1160.